The van der Waals surface area contributed by atoms with Gasteiger partial charge in [-0.2, -0.15) is 13.2 Å². The van der Waals surface area contributed by atoms with Crippen LogP contribution < -0.4 is 5.73 Å². The molecule has 0 saturated heterocycles. The van der Waals surface area contributed by atoms with E-state index in [0.29, 0.717) is 22.7 Å². The van der Waals surface area contributed by atoms with Crippen LogP contribution >= 0.6 is 11.3 Å². The van der Waals surface area contributed by atoms with Crippen molar-refractivity contribution in [3.63, 3.8) is 0 Å². The molecule has 0 spiro atoms. The Morgan fingerprint density at radius 3 is 2.61 bits per heavy atom. The van der Waals surface area contributed by atoms with E-state index in [9.17, 15) is 18.0 Å². The number of pyridine rings is 1. The van der Waals surface area contributed by atoms with E-state index >= 15 is 0 Å². The van der Waals surface area contributed by atoms with Gasteiger partial charge in [-0.15, -0.1) is 11.3 Å². The first-order valence-electron chi connectivity index (χ1n) is 8.16. The number of carbonyl (C=O) groups is 1. The Kier molecular flexibility index (Phi) is 4.19. The zero-order valence-corrected chi connectivity index (χ0v) is 15.3. The number of imidazole rings is 1. The summed E-state index contributed by atoms with van der Waals surface area (Å²) in [5, 5.41) is 2.56. The number of thiazole rings is 1. The van der Waals surface area contributed by atoms with Crippen molar-refractivity contribution in [1.82, 2.24) is 14.4 Å². The third kappa shape index (κ3) is 3.03. The summed E-state index contributed by atoms with van der Waals surface area (Å²) >= 11 is 1.40. The molecule has 4 rings (SSSR count). The van der Waals surface area contributed by atoms with Gasteiger partial charge in [-0.25, -0.2) is 9.97 Å². The summed E-state index contributed by atoms with van der Waals surface area (Å²) in [6, 6.07) is 8.09. The van der Waals surface area contributed by atoms with Crippen molar-refractivity contribution in [3.8, 4) is 22.6 Å². The zero-order valence-electron chi connectivity index (χ0n) is 14.5. The highest BCUT2D eigenvalue weighted by atomic mass is 32.1. The van der Waals surface area contributed by atoms with Gasteiger partial charge in [0.2, 0.25) is 5.91 Å². The molecule has 0 aliphatic carbocycles. The Bertz CT molecular complexity index is 1210. The molecule has 1 aromatic carbocycles. The normalized spacial score (nSPS) is 11.9. The Balaban J connectivity index is 2.10. The lowest BCUT2D eigenvalue weighted by atomic mass is 9.98. The first kappa shape index (κ1) is 18.2. The van der Waals surface area contributed by atoms with E-state index in [1.165, 1.54) is 11.3 Å². The molecule has 0 bridgehead atoms. The van der Waals surface area contributed by atoms with E-state index in [2.05, 4.69) is 9.97 Å². The van der Waals surface area contributed by atoms with Gasteiger partial charge in [-0.3, -0.25) is 9.20 Å². The molecule has 2 N–H and O–H groups in total. The highest BCUT2D eigenvalue weighted by Gasteiger charge is 2.32. The van der Waals surface area contributed by atoms with Crippen LogP contribution in [-0.2, 0) is 6.18 Å². The van der Waals surface area contributed by atoms with Crippen LogP contribution in [0.1, 0.15) is 20.9 Å². The summed E-state index contributed by atoms with van der Waals surface area (Å²) in [5.41, 5.74) is 6.38. The highest BCUT2D eigenvalue weighted by Crippen LogP contribution is 2.38. The number of nitrogens with zero attached hydrogens (tertiary/aromatic N) is 3. The Labute approximate surface area is 161 Å². The van der Waals surface area contributed by atoms with Crippen LogP contribution in [0.5, 0.6) is 0 Å². The molecule has 9 heteroatoms. The van der Waals surface area contributed by atoms with Gasteiger partial charge in [0, 0.05) is 22.7 Å². The molecule has 0 fully saturated rings. The number of alkyl halides is 3. The number of hydrogen-bond acceptors (Lipinski definition) is 4. The van der Waals surface area contributed by atoms with Crippen LogP contribution in [0.2, 0.25) is 0 Å². The fourth-order valence-electron chi connectivity index (χ4n) is 3.04. The molecule has 0 radical (unpaired) electrons. The van der Waals surface area contributed by atoms with E-state index in [1.54, 1.807) is 34.2 Å². The van der Waals surface area contributed by atoms with Crippen molar-refractivity contribution in [2.45, 2.75) is 13.1 Å². The maximum absolute atomic E-state index is 13.3. The predicted molar refractivity (Wildman–Crippen MR) is 100.0 cm³/mol. The lowest BCUT2D eigenvalue weighted by Gasteiger charge is -2.13. The lowest BCUT2D eigenvalue weighted by Crippen LogP contribution is -2.14. The third-order valence-corrected chi connectivity index (χ3v) is 5.03. The fourth-order valence-corrected chi connectivity index (χ4v) is 3.63. The molecule has 0 atom stereocenters. The zero-order chi connectivity index (χ0) is 20.1. The molecule has 1 amide bonds. The number of fused-ring (bicyclic) bond motifs is 1. The predicted octanol–water partition coefficient (Wildman–Crippen LogP) is 4.55. The van der Waals surface area contributed by atoms with Gasteiger partial charge >= 0.3 is 6.18 Å². The van der Waals surface area contributed by atoms with Gasteiger partial charge in [0.05, 0.1) is 16.3 Å². The molecule has 0 aliphatic rings. The van der Waals surface area contributed by atoms with Crippen molar-refractivity contribution in [3.05, 3.63) is 64.1 Å². The topological polar surface area (TPSA) is 73.3 Å². The van der Waals surface area contributed by atoms with E-state index < -0.39 is 17.6 Å². The Hall–Kier alpha value is -3.20. The number of halogens is 3. The van der Waals surface area contributed by atoms with Gasteiger partial charge in [-0.1, -0.05) is 6.07 Å². The van der Waals surface area contributed by atoms with Gasteiger partial charge in [0.1, 0.15) is 17.0 Å². The molecule has 0 unspecified atom stereocenters. The van der Waals surface area contributed by atoms with Gasteiger partial charge in [0.15, 0.2) is 0 Å². The second kappa shape index (κ2) is 6.45. The molecule has 4 aromatic rings. The molecular formula is C19H13F3N4OS. The first-order valence-corrected chi connectivity index (χ1v) is 9.04. The first-order chi connectivity index (χ1) is 13.3. The van der Waals surface area contributed by atoms with Crippen LogP contribution in [0, 0.1) is 6.92 Å². The summed E-state index contributed by atoms with van der Waals surface area (Å²) in [4.78, 5) is 20.9. The van der Waals surface area contributed by atoms with Crippen molar-refractivity contribution in [2.24, 2.45) is 5.73 Å². The lowest BCUT2D eigenvalue weighted by molar-refractivity contribution is -0.137. The number of aryl methyl sites for hydroxylation is 1. The van der Waals surface area contributed by atoms with Crippen LogP contribution in [0.15, 0.2) is 48.0 Å². The second-order valence-electron chi connectivity index (χ2n) is 6.11. The van der Waals surface area contributed by atoms with Crippen molar-refractivity contribution >= 4 is 22.9 Å². The average Bonchev–Trinajstić information content (AvgIpc) is 3.23. The number of benzene rings is 1. The number of rotatable bonds is 3. The highest BCUT2D eigenvalue weighted by molar-refractivity contribution is 7.09. The number of primary amides is 1. The average molecular weight is 402 g/mol. The summed E-state index contributed by atoms with van der Waals surface area (Å²) < 4.78 is 41.6. The monoisotopic (exact) mass is 402 g/mol. The van der Waals surface area contributed by atoms with Gasteiger partial charge in [0.25, 0.3) is 0 Å². The molecule has 28 heavy (non-hydrogen) atoms. The van der Waals surface area contributed by atoms with Crippen LogP contribution in [-0.4, -0.2) is 20.3 Å². The molecular weight excluding hydrogens is 389 g/mol. The minimum atomic E-state index is -4.57. The summed E-state index contributed by atoms with van der Waals surface area (Å²) in [6.07, 6.45) is -2.89. The molecule has 3 heterocycles. The van der Waals surface area contributed by atoms with Gasteiger partial charge in [-0.05, 0) is 37.3 Å². The second-order valence-corrected chi connectivity index (χ2v) is 7.17. The number of nitrogens with two attached hydrogens (primary N) is 1. The summed E-state index contributed by atoms with van der Waals surface area (Å²) in [6.45, 7) is 1.82. The molecule has 0 saturated carbocycles. The van der Waals surface area contributed by atoms with Crippen molar-refractivity contribution < 1.29 is 18.0 Å². The fraction of sp³-hybridized carbons (Fsp3) is 0.105. The number of hydrogen-bond donors (Lipinski definition) is 1. The quantitative estimate of drug-likeness (QED) is 0.546. The Morgan fingerprint density at radius 1 is 1.18 bits per heavy atom. The minimum absolute atomic E-state index is 0.0214. The van der Waals surface area contributed by atoms with Crippen molar-refractivity contribution in [2.75, 3.05) is 0 Å². The largest absolute Gasteiger partial charge is 0.416 e. The van der Waals surface area contributed by atoms with Crippen LogP contribution in [0.4, 0.5) is 13.2 Å². The number of amides is 1. The van der Waals surface area contributed by atoms with E-state index in [0.717, 1.165) is 23.2 Å². The van der Waals surface area contributed by atoms with Crippen LogP contribution in [0.25, 0.3) is 28.3 Å². The summed E-state index contributed by atoms with van der Waals surface area (Å²) in [5.74, 6) is -0.824. The molecule has 5 nitrogen and oxygen atoms in total. The van der Waals surface area contributed by atoms with Gasteiger partial charge < -0.3 is 5.73 Å². The third-order valence-electron chi connectivity index (χ3n) is 4.26. The molecule has 0 aliphatic heterocycles. The number of aromatic nitrogens is 3. The minimum Gasteiger partial charge on any atom is -0.366 e. The Morgan fingerprint density at radius 2 is 1.96 bits per heavy atom. The summed E-state index contributed by atoms with van der Waals surface area (Å²) in [7, 11) is 0. The maximum atomic E-state index is 13.3. The van der Waals surface area contributed by atoms with E-state index in [4.69, 9.17) is 5.73 Å². The SMILES string of the molecule is Cc1nc(-c2nc3ccccn3c2-c2cc(C(F)(F)F)ccc2C(N)=O)cs1. The standard InChI is InChI=1S/C19H13F3N4OS/c1-10-24-14(9-28-10)16-17(26-7-3-2-4-15(26)25-16)13-8-11(19(20,21)22)5-6-12(13)18(23)27/h2-9H,1H3,(H2,23,27). The number of carbonyl (C=O) groups excluding carboxylic acids is 1. The van der Waals surface area contributed by atoms with Crippen LogP contribution in [0.3, 0.4) is 0 Å². The smallest absolute Gasteiger partial charge is 0.366 e. The molecule has 142 valence electrons. The van der Waals surface area contributed by atoms with Crippen molar-refractivity contribution in [1.29, 1.82) is 0 Å². The maximum Gasteiger partial charge on any atom is 0.416 e. The van der Waals surface area contributed by atoms with E-state index in [1.807, 2.05) is 6.92 Å². The van der Waals surface area contributed by atoms with E-state index in [-0.39, 0.29) is 11.1 Å². The molecule has 3 aromatic heterocycles.